The zero-order valence-electron chi connectivity index (χ0n) is 7.59. The number of hydrogen-bond acceptors (Lipinski definition) is 2. The van der Waals surface area contributed by atoms with Gasteiger partial charge in [0.25, 0.3) is 0 Å². The largest absolute Gasteiger partial charge is 0.384 e. The maximum absolute atomic E-state index is 10.9. The SMILES string of the molecule is CC(C)C(C)NC(=O)[C@H](C)O. The molecule has 2 atom stereocenters. The van der Waals surface area contributed by atoms with E-state index in [9.17, 15) is 4.79 Å². The minimum atomic E-state index is -0.906. The molecule has 0 saturated heterocycles. The molecule has 3 heteroatoms. The van der Waals surface area contributed by atoms with E-state index in [0.29, 0.717) is 5.92 Å². The molecule has 0 heterocycles. The summed E-state index contributed by atoms with van der Waals surface area (Å²) in [5, 5.41) is 11.5. The molecule has 66 valence electrons. The van der Waals surface area contributed by atoms with Gasteiger partial charge in [-0.1, -0.05) is 13.8 Å². The number of carbonyl (C=O) groups is 1. The molecule has 0 aromatic carbocycles. The van der Waals surface area contributed by atoms with Crippen molar-refractivity contribution in [2.75, 3.05) is 0 Å². The number of rotatable bonds is 3. The molecule has 11 heavy (non-hydrogen) atoms. The first-order chi connectivity index (χ1) is 4.95. The van der Waals surface area contributed by atoms with Gasteiger partial charge in [-0.05, 0) is 19.8 Å². The first-order valence-electron chi connectivity index (χ1n) is 3.93. The van der Waals surface area contributed by atoms with Gasteiger partial charge in [-0.3, -0.25) is 4.79 Å². The van der Waals surface area contributed by atoms with Gasteiger partial charge in [0.2, 0.25) is 5.91 Å². The fraction of sp³-hybridized carbons (Fsp3) is 0.875. The monoisotopic (exact) mass is 159 g/mol. The van der Waals surface area contributed by atoms with Crippen molar-refractivity contribution in [3.8, 4) is 0 Å². The number of aliphatic hydroxyl groups is 1. The van der Waals surface area contributed by atoms with Gasteiger partial charge in [0, 0.05) is 6.04 Å². The topological polar surface area (TPSA) is 49.3 Å². The molecular weight excluding hydrogens is 142 g/mol. The van der Waals surface area contributed by atoms with Crippen molar-refractivity contribution in [1.82, 2.24) is 5.32 Å². The molecule has 3 nitrogen and oxygen atoms in total. The second-order valence-electron chi connectivity index (χ2n) is 3.22. The third-order valence-electron chi connectivity index (χ3n) is 1.75. The number of aliphatic hydroxyl groups excluding tert-OH is 1. The molecular formula is C8H17NO2. The van der Waals surface area contributed by atoms with Gasteiger partial charge >= 0.3 is 0 Å². The fourth-order valence-electron chi connectivity index (χ4n) is 0.512. The van der Waals surface area contributed by atoms with Gasteiger partial charge in [-0.25, -0.2) is 0 Å². The van der Waals surface area contributed by atoms with Crippen LogP contribution in [0.2, 0.25) is 0 Å². The molecule has 2 N–H and O–H groups in total. The number of nitrogens with one attached hydrogen (secondary N) is 1. The Kier molecular flexibility index (Phi) is 4.11. The molecule has 0 aromatic heterocycles. The van der Waals surface area contributed by atoms with Crippen molar-refractivity contribution in [3.05, 3.63) is 0 Å². The average Bonchev–Trinajstić information content (AvgIpc) is 1.87. The molecule has 0 saturated carbocycles. The quantitative estimate of drug-likeness (QED) is 0.631. The van der Waals surface area contributed by atoms with Crippen LogP contribution in [0.15, 0.2) is 0 Å². The molecule has 0 rings (SSSR count). The van der Waals surface area contributed by atoms with E-state index in [1.54, 1.807) is 0 Å². The van der Waals surface area contributed by atoms with E-state index in [0.717, 1.165) is 0 Å². The zero-order chi connectivity index (χ0) is 9.02. The van der Waals surface area contributed by atoms with Crippen LogP contribution in [0, 0.1) is 5.92 Å². The van der Waals surface area contributed by atoms with Gasteiger partial charge in [-0.2, -0.15) is 0 Å². The number of amides is 1. The Morgan fingerprint density at radius 2 is 1.73 bits per heavy atom. The van der Waals surface area contributed by atoms with Crippen LogP contribution in [-0.4, -0.2) is 23.2 Å². The summed E-state index contributed by atoms with van der Waals surface area (Å²) in [4.78, 5) is 10.9. The average molecular weight is 159 g/mol. The first-order valence-corrected chi connectivity index (χ1v) is 3.93. The van der Waals surface area contributed by atoms with Crippen LogP contribution in [0.25, 0.3) is 0 Å². The summed E-state index contributed by atoms with van der Waals surface area (Å²) in [5.41, 5.74) is 0. The Balaban J connectivity index is 3.76. The van der Waals surface area contributed by atoms with E-state index in [2.05, 4.69) is 5.32 Å². The lowest BCUT2D eigenvalue weighted by Gasteiger charge is -2.18. The Morgan fingerprint density at radius 3 is 2.00 bits per heavy atom. The lowest BCUT2D eigenvalue weighted by atomic mass is 10.1. The first kappa shape index (κ1) is 10.4. The van der Waals surface area contributed by atoms with E-state index < -0.39 is 6.10 Å². The van der Waals surface area contributed by atoms with E-state index in [-0.39, 0.29) is 11.9 Å². The highest BCUT2D eigenvalue weighted by Crippen LogP contribution is 1.99. The summed E-state index contributed by atoms with van der Waals surface area (Å²) in [6.07, 6.45) is -0.906. The maximum atomic E-state index is 10.9. The lowest BCUT2D eigenvalue weighted by molar-refractivity contribution is -0.129. The van der Waals surface area contributed by atoms with E-state index in [1.165, 1.54) is 6.92 Å². The third-order valence-corrected chi connectivity index (χ3v) is 1.75. The van der Waals surface area contributed by atoms with Gasteiger partial charge in [0.1, 0.15) is 6.10 Å². The summed E-state index contributed by atoms with van der Waals surface area (Å²) in [6, 6.07) is 0.122. The second kappa shape index (κ2) is 4.34. The zero-order valence-corrected chi connectivity index (χ0v) is 7.59. The summed E-state index contributed by atoms with van der Waals surface area (Å²) in [7, 11) is 0. The summed E-state index contributed by atoms with van der Waals surface area (Å²) < 4.78 is 0. The van der Waals surface area contributed by atoms with Crippen LogP contribution in [0.3, 0.4) is 0 Å². The minimum absolute atomic E-state index is 0.122. The van der Waals surface area contributed by atoms with Crippen LogP contribution < -0.4 is 5.32 Å². The van der Waals surface area contributed by atoms with E-state index >= 15 is 0 Å². The van der Waals surface area contributed by atoms with Crippen molar-refractivity contribution in [2.45, 2.75) is 39.8 Å². The smallest absolute Gasteiger partial charge is 0.248 e. The molecule has 0 fully saturated rings. The Morgan fingerprint density at radius 1 is 1.27 bits per heavy atom. The predicted octanol–water partition coefficient (Wildman–Crippen LogP) is 0.528. The van der Waals surface area contributed by atoms with E-state index in [1.807, 2.05) is 20.8 Å². The minimum Gasteiger partial charge on any atom is -0.384 e. The van der Waals surface area contributed by atoms with Crippen LogP contribution in [0.5, 0.6) is 0 Å². The highest BCUT2D eigenvalue weighted by Gasteiger charge is 2.13. The highest BCUT2D eigenvalue weighted by atomic mass is 16.3. The summed E-state index contributed by atoms with van der Waals surface area (Å²) in [6.45, 7) is 7.42. The van der Waals surface area contributed by atoms with Gasteiger partial charge < -0.3 is 10.4 Å². The Bertz CT molecular complexity index is 132. The van der Waals surface area contributed by atoms with Crippen LogP contribution in [0.4, 0.5) is 0 Å². The summed E-state index contributed by atoms with van der Waals surface area (Å²) in [5.74, 6) is 0.101. The van der Waals surface area contributed by atoms with Crippen molar-refractivity contribution in [1.29, 1.82) is 0 Å². The fourth-order valence-corrected chi connectivity index (χ4v) is 0.512. The van der Waals surface area contributed by atoms with Crippen molar-refractivity contribution >= 4 is 5.91 Å². The molecule has 0 aliphatic rings. The molecule has 0 radical (unpaired) electrons. The Hall–Kier alpha value is -0.570. The van der Waals surface area contributed by atoms with Gasteiger partial charge in [0.15, 0.2) is 0 Å². The molecule has 1 amide bonds. The van der Waals surface area contributed by atoms with Crippen LogP contribution in [0.1, 0.15) is 27.7 Å². The Labute approximate surface area is 67.8 Å². The second-order valence-corrected chi connectivity index (χ2v) is 3.22. The molecule has 1 unspecified atom stereocenters. The standard InChI is InChI=1S/C8H17NO2/c1-5(2)6(3)9-8(11)7(4)10/h5-7,10H,1-4H3,(H,9,11)/t6?,7-/m0/s1. The molecule has 0 aliphatic carbocycles. The van der Waals surface area contributed by atoms with Gasteiger partial charge in [0.05, 0.1) is 0 Å². The molecule has 0 aliphatic heterocycles. The van der Waals surface area contributed by atoms with Crippen LogP contribution >= 0.6 is 0 Å². The van der Waals surface area contributed by atoms with Crippen LogP contribution in [-0.2, 0) is 4.79 Å². The third kappa shape index (κ3) is 3.98. The normalized spacial score (nSPS) is 16.2. The molecule has 0 spiro atoms. The van der Waals surface area contributed by atoms with Crippen molar-refractivity contribution in [2.24, 2.45) is 5.92 Å². The lowest BCUT2D eigenvalue weighted by Crippen LogP contribution is -2.41. The maximum Gasteiger partial charge on any atom is 0.248 e. The summed E-state index contributed by atoms with van der Waals surface area (Å²) >= 11 is 0. The van der Waals surface area contributed by atoms with Crippen molar-refractivity contribution < 1.29 is 9.90 Å². The predicted molar refractivity (Wildman–Crippen MR) is 44.1 cm³/mol. The highest BCUT2D eigenvalue weighted by molar-refractivity contribution is 5.80. The van der Waals surface area contributed by atoms with Crippen molar-refractivity contribution in [3.63, 3.8) is 0 Å². The molecule has 0 bridgehead atoms. The molecule has 0 aromatic rings. The number of carbonyl (C=O) groups excluding carboxylic acids is 1. The van der Waals surface area contributed by atoms with Gasteiger partial charge in [-0.15, -0.1) is 0 Å². The number of hydrogen-bond donors (Lipinski definition) is 2. The van der Waals surface area contributed by atoms with E-state index in [4.69, 9.17) is 5.11 Å².